The molecular formula is C36H45N5O9S. The van der Waals surface area contributed by atoms with Crippen molar-refractivity contribution in [3.8, 4) is 0 Å². The number of rotatable bonds is 7. The lowest BCUT2D eigenvalue weighted by Gasteiger charge is -2.32. The zero-order valence-corrected chi connectivity index (χ0v) is 29.3. The van der Waals surface area contributed by atoms with Gasteiger partial charge in [-0.25, -0.2) is 18.0 Å². The summed E-state index contributed by atoms with van der Waals surface area (Å²) in [6.45, 7) is 4.48. The summed E-state index contributed by atoms with van der Waals surface area (Å²) >= 11 is 0. The fraction of sp³-hybridized carbons (Fsp3) is 0.583. The molecule has 3 saturated carbocycles. The van der Waals surface area contributed by atoms with E-state index in [1.165, 1.54) is 11.0 Å². The van der Waals surface area contributed by atoms with Crippen LogP contribution in [0.3, 0.4) is 0 Å². The first-order valence-electron chi connectivity index (χ1n) is 18.0. The van der Waals surface area contributed by atoms with Gasteiger partial charge in [0.2, 0.25) is 21.8 Å². The summed E-state index contributed by atoms with van der Waals surface area (Å²) in [6.07, 6.45) is 8.68. The van der Waals surface area contributed by atoms with Crippen molar-refractivity contribution in [1.82, 2.24) is 25.2 Å². The number of cyclic esters (lactones) is 1. The third-order valence-corrected chi connectivity index (χ3v) is 12.9. The lowest BCUT2D eigenvalue weighted by atomic mass is 9.96. The van der Waals surface area contributed by atoms with E-state index in [9.17, 15) is 32.4 Å². The minimum absolute atomic E-state index is 0.0588. The Morgan fingerprint density at radius 3 is 2.57 bits per heavy atom. The Morgan fingerprint density at radius 1 is 1.06 bits per heavy atom. The Morgan fingerprint density at radius 2 is 1.84 bits per heavy atom. The molecular weight excluding hydrogens is 678 g/mol. The number of sulfonamides is 1. The average Bonchev–Trinajstić information content (AvgIpc) is 3.88. The third kappa shape index (κ3) is 7.22. The van der Waals surface area contributed by atoms with E-state index in [1.807, 2.05) is 30.4 Å². The molecule has 3 heterocycles. The highest BCUT2D eigenvalue weighted by atomic mass is 32.2. The number of amides is 5. The summed E-state index contributed by atoms with van der Waals surface area (Å²) in [5.41, 5.74) is 1.42. The number of carbonyl (C=O) groups excluding carboxylic acids is 5. The monoisotopic (exact) mass is 723 g/mol. The van der Waals surface area contributed by atoms with Gasteiger partial charge in [-0.1, -0.05) is 49.3 Å². The summed E-state index contributed by atoms with van der Waals surface area (Å²) in [5, 5.41) is 4.90. The van der Waals surface area contributed by atoms with Crippen LogP contribution in [0.25, 0.3) is 6.08 Å². The number of hydrogen-bond acceptors (Lipinski definition) is 9. The Balaban J connectivity index is 1.16. The van der Waals surface area contributed by atoms with Gasteiger partial charge in [-0.2, -0.15) is 0 Å². The normalized spacial score (nSPS) is 30.6. The highest BCUT2D eigenvalue weighted by molar-refractivity contribution is 7.91. The predicted octanol–water partition coefficient (Wildman–Crippen LogP) is 2.87. The van der Waals surface area contributed by atoms with E-state index in [0.717, 1.165) is 29.5 Å². The molecule has 3 aliphatic carbocycles. The van der Waals surface area contributed by atoms with E-state index >= 15 is 0 Å². The number of benzene rings is 1. The SMILES string of the molecule is C=C[C@@H]1C[C@@]1(NC(=O)[C@@H]1C[C@@H]2CN1C(=O)[C@H](C1CCCC1)NC(=O)OCCC/C=C/c1cccc3c1CN(C3)C(=O)O2)C(=O)NS(=O)(=O)C1CC1. The van der Waals surface area contributed by atoms with E-state index in [0.29, 0.717) is 51.6 Å². The van der Waals surface area contributed by atoms with Crippen LogP contribution in [-0.4, -0.2) is 90.3 Å². The van der Waals surface area contributed by atoms with Gasteiger partial charge in [-0.05, 0) is 67.6 Å². The molecule has 0 aromatic heterocycles. The average molecular weight is 724 g/mol. The van der Waals surface area contributed by atoms with Crippen LogP contribution in [0, 0.1) is 11.8 Å². The van der Waals surface area contributed by atoms with Gasteiger partial charge in [0.25, 0.3) is 5.91 Å². The number of allylic oxidation sites excluding steroid dienone is 1. The second-order valence-corrected chi connectivity index (χ2v) is 16.6. The standard InChI is InChI=1S/C36H45N5O9S/c1-2-25-18-36(25,33(44)39-51(47,48)27-14-15-27)38-31(42)29-17-26-20-41(29)32(43)30(23-10-5-6-11-23)37-34(45)49-16-7-3-4-9-22-12-8-13-24-19-40(21-28(22)24)35(46)50-26/h2,4,8-9,12-13,23,25-27,29-30H,1,3,5-7,10-11,14-21H2,(H,37,45)(H,38,42)(H,39,44)/b9-4+/t25-,26-,29+,30+,36+/m1/s1. The smallest absolute Gasteiger partial charge is 0.410 e. The van der Waals surface area contributed by atoms with Crippen molar-refractivity contribution in [1.29, 1.82) is 0 Å². The number of hydrogen-bond donors (Lipinski definition) is 3. The second-order valence-electron chi connectivity index (χ2n) is 14.6. The lowest BCUT2D eigenvalue weighted by Crippen LogP contribution is -2.59. The largest absolute Gasteiger partial charge is 0.450 e. The fourth-order valence-corrected chi connectivity index (χ4v) is 9.30. The van der Waals surface area contributed by atoms with E-state index in [1.54, 1.807) is 4.90 Å². The van der Waals surface area contributed by atoms with Crippen molar-refractivity contribution in [2.75, 3.05) is 13.2 Å². The molecule has 3 aliphatic heterocycles. The van der Waals surface area contributed by atoms with E-state index in [2.05, 4.69) is 21.9 Å². The van der Waals surface area contributed by atoms with Crippen molar-refractivity contribution in [3.05, 3.63) is 53.6 Å². The molecule has 1 aromatic carbocycles. The van der Waals surface area contributed by atoms with E-state index in [-0.39, 0.29) is 31.9 Å². The molecule has 4 fully saturated rings. The summed E-state index contributed by atoms with van der Waals surface area (Å²) in [7, 11) is -3.90. The van der Waals surface area contributed by atoms with Gasteiger partial charge in [-0.15, -0.1) is 6.58 Å². The van der Waals surface area contributed by atoms with Crippen LogP contribution >= 0.6 is 0 Å². The topological polar surface area (TPSA) is 181 Å². The molecule has 4 bridgehead atoms. The minimum Gasteiger partial charge on any atom is -0.450 e. The number of fused-ring (bicyclic) bond motifs is 3. The Bertz CT molecular complexity index is 1750. The molecule has 5 atom stereocenters. The van der Waals surface area contributed by atoms with Crippen LogP contribution < -0.4 is 15.4 Å². The first-order valence-corrected chi connectivity index (χ1v) is 19.5. The Labute approximate surface area is 297 Å². The fourth-order valence-electron chi connectivity index (χ4n) is 7.94. The third-order valence-electron chi connectivity index (χ3n) is 11.1. The van der Waals surface area contributed by atoms with Crippen LogP contribution in [0.5, 0.6) is 0 Å². The number of alkyl carbamates (subject to hydrolysis) is 1. The molecule has 15 heteroatoms. The van der Waals surface area contributed by atoms with Gasteiger partial charge < -0.3 is 25.0 Å². The summed E-state index contributed by atoms with van der Waals surface area (Å²) < 4.78 is 38.9. The zero-order chi connectivity index (χ0) is 35.9. The van der Waals surface area contributed by atoms with Crippen molar-refractivity contribution in [2.45, 2.75) is 106 Å². The minimum atomic E-state index is -3.90. The van der Waals surface area contributed by atoms with Gasteiger partial charge in [-0.3, -0.25) is 24.0 Å². The maximum Gasteiger partial charge on any atom is 0.410 e. The Hall–Kier alpha value is -4.40. The van der Waals surface area contributed by atoms with Crippen LogP contribution in [0.2, 0.25) is 0 Å². The summed E-state index contributed by atoms with van der Waals surface area (Å²) in [4.78, 5) is 71.6. The van der Waals surface area contributed by atoms with E-state index < -0.39 is 74.8 Å². The van der Waals surface area contributed by atoms with Gasteiger partial charge in [0.05, 0.1) is 24.9 Å². The molecule has 1 aromatic rings. The van der Waals surface area contributed by atoms with Crippen molar-refractivity contribution in [3.63, 3.8) is 0 Å². The number of ether oxygens (including phenoxy) is 2. The van der Waals surface area contributed by atoms with Gasteiger partial charge in [0, 0.05) is 18.9 Å². The van der Waals surface area contributed by atoms with Crippen LogP contribution in [0.4, 0.5) is 9.59 Å². The van der Waals surface area contributed by atoms with Crippen molar-refractivity contribution < 1.29 is 41.9 Å². The first kappa shape index (κ1) is 35.0. The van der Waals surface area contributed by atoms with Crippen molar-refractivity contribution >= 4 is 46.0 Å². The maximum atomic E-state index is 14.4. The zero-order valence-electron chi connectivity index (χ0n) is 28.5. The van der Waals surface area contributed by atoms with Crippen LogP contribution in [-0.2, 0) is 47.0 Å². The predicted molar refractivity (Wildman–Crippen MR) is 184 cm³/mol. The molecule has 6 aliphatic rings. The molecule has 1 saturated heterocycles. The van der Waals surface area contributed by atoms with Crippen LogP contribution in [0.1, 0.15) is 80.9 Å². The molecule has 7 rings (SSSR count). The van der Waals surface area contributed by atoms with E-state index in [4.69, 9.17) is 9.47 Å². The Kier molecular flexibility index (Phi) is 9.59. The van der Waals surface area contributed by atoms with Gasteiger partial charge >= 0.3 is 12.2 Å². The molecule has 0 unspecified atom stereocenters. The highest BCUT2D eigenvalue weighted by Crippen LogP contribution is 2.45. The quantitative estimate of drug-likeness (QED) is 0.357. The molecule has 0 spiro atoms. The number of nitrogens with one attached hydrogen (secondary N) is 3. The van der Waals surface area contributed by atoms with Gasteiger partial charge in [0.15, 0.2) is 0 Å². The molecule has 274 valence electrons. The maximum absolute atomic E-state index is 14.4. The second kappa shape index (κ2) is 14.0. The molecule has 51 heavy (non-hydrogen) atoms. The van der Waals surface area contributed by atoms with Crippen molar-refractivity contribution in [2.24, 2.45) is 11.8 Å². The molecule has 5 amide bonds. The summed E-state index contributed by atoms with van der Waals surface area (Å²) in [6, 6.07) is 3.72. The number of nitrogens with zero attached hydrogens (tertiary/aromatic N) is 2. The summed E-state index contributed by atoms with van der Waals surface area (Å²) in [5.74, 6) is -2.77. The first-order chi connectivity index (χ1) is 24.5. The molecule has 14 nitrogen and oxygen atoms in total. The highest BCUT2D eigenvalue weighted by Gasteiger charge is 2.62. The van der Waals surface area contributed by atoms with Gasteiger partial charge in [0.1, 0.15) is 23.7 Å². The molecule has 0 radical (unpaired) electrons. The van der Waals surface area contributed by atoms with Crippen LogP contribution in [0.15, 0.2) is 36.9 Å². The molecule has 3 N–H and O–H groups in total. The lowest BCUT2D eigenvalue weighted by molar-refractivity contribution is -0.142. The number of carbonyl (C=O) groups is 5.